The van der Waals surface area contributed by atoms with Crippen molar-refractivity contribution < 1.29 is 22.8 Å². The van der Waals surface area contributed by atoms with Crippen molar-refractivity contribution in [2.75, 3.05) is 0 Å². The van der Waals surface area contributed by atoms with Gasteiger partial charge in [-0.1, -0.05) is 25.1 Å². The molecule has 1 N–H and O–H groups in total. The third-order valence-corrected chi connectivity index (χ3v) is 3.53. The number of urea groups is 1. The Bertz CT molecular complexity index is 642. The van der Waals surface area contributed by atoms with Crippen LogP contribution in [-0.2, 0) is 11.0 Å². The van der Waals surface area contributed by atoms with Crippen LogP contribution in [0, 0.1) is 0 Å². The molecule has 1 aromatic rings. The van der Waals surface area contributed by atoms with E-state index in [-0.39, 0.29) is 5.56 Å². The molecule has 1 aliphatic heterocycles. The molecule has 1 aliphatic rings. The fourth-order valence-corrected chi connectivity index (χ4v) is 2.00. The number of hydrogen-bond donors (Lipinski definition) is 1. The molecule has 1 saturated heterocycles. The van der Waals surface area contributed by atoms with E-state index in [4.69, 9.17) is 0 Å². The summed E-state index contributed by atoms with van der Waals surface area (Å²) in [5.41, 5.74) is -2.19. The van der Waals surface area contributed by atoms with Gasteiger partial charge in [0, 0.05) is 5.56 Å². The van der Waals surface area contributed by atoms with E-state index in [0.29, 0.717) is 11.4 Å². The average molecular weight is 313 g/mol. The largest absolute Gasteiger partial charge is 0.417 e. The van der Waals surface area contributed by atoms with E-state index in [0.717, 1.165) is 12.3 Å². The molecule has 8 heteroatoms. The topological polar surface area (TPSA) is 61.8 Å². The molecule has 1 unspecified atom stereocenters. The fourth-order valence-electron chi connectivity index (χ4n) is 2.00. The molecule has 1 heterocycles. The van der Waals surface area contributed by atoms with Crippen molar-refractivity contribution in [2.45, 2.75) is 32.0 Å². The lowest BCUT2D eigenvalue weighted by Crippen LogP contribution is -2.42. The summed E-state index contributed by atoms with van der Waals surface area (Å²) in [6, 6.07) is 4.03. The molecule has 0 saturated carbocycles. The smallest absolute Gasteiger partial charge is 0.322 e. The Morgan fingerprint density at radius 2 is 1.95 bits per heavy atom. The number of benzene rings is 1. The van der Waals surface area contributed by atoms with Gasteiger partial charge >= 0.3 is 12.2 Å². The SMILES string of the molecule is CCC1(C)NC(=O)N(/N=C/c2ccccc2C(F)(F)F)C1=O. The zero-order chi connectivity index (χ0) is 16.5. The van der Waals surface area contributed by atoms with Crippen LogP contribution in [0.25, 0.3) is 0 Å². The summed E-state index contributed by atoms with van der Waals surface area (Å²) in [5, 5.41) is 6.63. The monoisotopic (exact) mass is 313 g/mol. The minimum absolute atomic E-state index is 0.222. The fraction of sp³-hybridized carbons (Fsp3) is 0.357. The molecule has 5 nitrogen and oxygen atoms in total. The zero-order valence-corrected chi connectivity index (χ0v) is 11.9. The van der Waals surface area contributed by atoms with E-state index in [1.54, 1.807) is 6.92 Å². The van der Waals surface area contributed by atoms with Gasteiger partial charge in [-0.3, -0.25) is 4.79 Å². The van der Waals surface area contributed by atoms with Crippen LogP contribution in [0.1, 0.15) is 31.4 Å². The molecular formula is C14H14F3N3O2. The summed E-state index contributed by atoms with van der Waals surface area (Å²) in [4.78, 5) is 23.8. The van der Waals surface area contributed by atoms with Crippen LogP contribution < -0.4 is 5.32 Å². The van der Waals surface area contributed by atoms with Crippen molar-refractivity contribution in [2.24, 2.45) is 5.10 Å². The highest BCUT2D eigenvalue weighted by molar-refractivity contribution is 6.07. The molecule has 0 radical (unpaired) electrons. The first-order valence-corrected chi connectivity index (χ1v) is 6.56. The second-order valence-corrected chi connectivity index (χ2v) is 5.06. The lowest BCUT2D eigenvalue weighted by Gasteiger charge is -2.17. The summed E-state index contributed by atoms with van der Waals surface area (Å²) in [7, 11) is 0. The zero-order valence-electron chi connectivity index (χ0n) is 11.9. The molecule has 3 amide bonds. The predicted molar refractivity (Wildman–Crippen MR) is 73.1 cm³/mol. The maximum Gasteiger partial charge on any atom is 0.417 e. The van der Waals surface area contributed by atoms with Gasteiger partial charge in [-0.25, -0.2) is 4.79 Å². The minimum Gasteiger partial charge on any atom is -0.322 e. The molecule has 2 rings (SSSR count). The Morgan fingerprint density at radius 3 is 2.50 bits per heavy atom. The molecule has 0 spiro atoms. The van der Waals surface area contributed by atoms with Crippen molar-refractivity contribution in [1.29, 1.82) is 0 Å². The van der Waals surface area contributed by atoms with Crippen LogP contribution in [-0.4, -0.2) is 28.7 Å². The van der Waals surface area contributed by atoms with Crippen LogP contribution in [0.2, 0.25) is 0 Å². The summed E-state index contributed by atoms with van der Waals surface area (Å²) in [6.07, 6.45) is -3.33. The number of halogens is 3. The van der Waals surface area contributed by atoms with Gasteiger partial charge in [0.15, 0.2) is 0 Å². The van der Waals surface area contributed by atoms with E-state index in [2.05, 4.69) is 10.4 Å². The Kier molecular flexibility index (Phi) is 3.95. The van der Waals surface area contributed by atoms with Crippen molar-refractivity contribution in [1.82, 2.24) is 10.3 Å². The number of carbonyl (C=O) groups excluding carboxylic acids is 2. The second kappa shape index (κ2) is 5.43. The van der Waals surface area contributed by atoms with Crippen molar-refractivity contribution in [3.05, 3.63) is 35.4 Å². The summed E-state index contributed by atoms with van der Waals surface area (Å²) >= 11 is 0. The van der Waals surface area contributed by atoms with Gasteiger partial charge in [0.2, 0.25) is 0 Å². The Morgan fingerprint density at radius 1 is 1.32 bits per heavy atom. The second-order valence-electron chi connectivity index (χ2n) is 5.06. The Labute approximate surface area is 124 Å². The number of hydrazone groups is 1. The number of amides is 3. The first-order chi connectivity index (χ1) is 10.2. The summed E-state index contributed by atoms with van der Waals surface area (Å²) < 4.78 is 38.6. The standard InChI is InChI=1S/C14H14F3N3O2/c1-3-13(2)11(21)20(12(22)19-13)18-8-9-6-4-5-7-10(9)14(15,16)17/h4-8H,3H2,1-2H3,(H,19,22)/b18-8+. The van der Waals surface area contributed by atoms with Crippen LogP contribution in [0.3, 0.4) is 0 Å². The van der Waals surface area contributed by atoms with Crippen LogP contribution in [0.4, 0.5) is 18.0 Å². The summed E-state index contributed by atoms with van der Waals surface area (Å²) in [6.45, 7) is 3.25. The Balaban J connectivity index is 2.31. The van der Waals surface area contributed by atoms with E-state index in [1.165, 1.54) is 25.1 Å². The van der Waals surface area contributed by atoms with Crippen LogP contribution >= 0.6 is 0 Å². The molecule has 118 valence electrons. The van der Waals surface area contributed by atoms with Gasteiger partial charge in [0.25, 0.3) is 5.91 Å². The molecule has 1 atom stereocenters. The highest BCUT2D eigenvalue weighted by Gasteiger charge is 2.47. The lowest BCUT2D eigenvalue weighted by atomic mass is 10.00. The third kappa shape index (κ3) is 2.81. The van der Waals surface area contributed by atoms with Crippen LogP contribution in [0.5, 0.6) is 0 Å². The van der Waals surface area contributed by atoms with Gasteiger partial charge in [0.1, 0.15) is 5.54 Å². The van der Waals surface area contributed by atoms with Gasteiger partial charge in [-0.2, -0.15) is 18.3 Å². The van der Waals surface area contributed by atoms with E-state index >= 15 is 0 Å². The number of nitrogens with one attached hydrogen (secondary N) is 1. The highest BCUT2D eigenvalue weighted by atomic mass is 19.4. The van der Waals surface area contributed by atoms with Crippen molar-refractivity contribution in [3.8, 4) is 0 Å². The number of alkyl halides is 3. The molecule has 0 aromatic heterocycles. The predicted octanol–water partition coefficient (Wildman–Crippen LogP) is 2.76. The third-order valence-electron chi connectivity index (χ3n) is 3.53. The normalized spacial score (nSPS) is 22.5. The van der Waals surface area contributed by atoms with Crippen molar-refractivity contribution in [3.63, 3.8) is 0 Å². The van der Waals surface area contributed by atoms with E-state index in [9.17, 15) is 22.8 Å². The number of imide groups is 1. The molecule has 0 aliphatic carbocycles. The van der Waals surface area contributed by atoms with Crippen LogP contribution in [0.15, 0.2) is 29.4 Å². The Hall–Kier alpha value is -2.38. The highest BCUT2D eigenvalue weighted by Crippen LogP contribution is 2.31. The molecular weight excluding hydrogens is 299 g/mol. The minimum atomic E-state index is -4.54. The first-order valence-electron chi connectivity index (χ1n) is 6.56. The summed E-state index contributed by atoms with van der Waals surface area (Å²) in [5.74, 6) is -0.597. The maximum absolute atomic E-state index is 12.9. The average Bonchev–Trinajstić information content (AvgIpc) is 2.67. The molecule has 1 aromatic carbocycles. The number of nitrogens with zero attached hydrogens (tertiary/aromatic N) is 2. The van der Waals surface area contributed by atoms with Gasteiger partial charge in [-0.15, -0.1) is 5.01 Å². The maximum atomic E-state index is 12.9. The molecule has 22 heavy (non-hydrogen) atoms. The quantitative estimate of drug-likeness (QED) is 0.689. The van der Waals surface area contributed by atoms with Gasteiger partial charge < -0.3 is 5.32 Å². The van der Waals surface area contributed by atoms with Gasteiger partial charge in [0.05, 0.1) is 11.8 Å². The molecule has 0 bridgehead atoms. The number of rotatable bonds is 3. The number of hydrogen-bond acceptors (Lipinski definition) is 3. The lowest BCUT2D eigenvalue weighted by molar-refractivity contribution is -0.137. The first kappa shape index (κ1) is 16.0. The van der Waals surface area contributed by atoms with Crippen molar-refractivity contribution >= 4 is 18.2 Å². The van der Waals surface area contributed by atoms with E-state index < -0.39 is 29.2 Å². The number of carbonyl (C=O) groups is 2. The van der Waals surface area contributed by atoms with E-state index in [1.807, 2.05) is 0 Å². The molecule has 1 fully saturated rings. The van der Waals surface area contributed by atoms with Gasteiger partial charge in [-0.05, 0) is 19.4 Å².